The van der Waals surface area contributed by atoms with Crippen LogP contribution < -0.4 is 4.74 Å². The molecular weight excluding hydrogens is 265 g/mol. The highest BCUT2D eigenvalue weighted by atomic mass is 19.4. The summed E-state index contributed by atoms with van der Waals surface area (Å²) in [5.74, 6) is -1.42. The third-order valence-corrected chi connectivity index (χ3v) is 2.74. The third kappa shape index (κ3) is 2.98. The summed E-state index contributed by atoms with van der Waals surface area (Å²) in [7, 11) is 2.13. The number of hydrogen-bond acceptors (Lipinski definition) is 3. The van der Waals surface area contributed by atoms with E-state index in [1.54, 1.807) is 0 Å². The van der Waals surface area contributed by atoms with Crippen LogP contribution in [0, 0.1) is 0 Å². The third-order valence-electron chi connectivity index (χ3n) is 2.74. The van der Waals surface area contributed by atoms with Crippen molar-refractivity contribution in [3.8, 4) is 5.75 Å². The first kappa shape index (κ1) is 15.3. The number of carboxylic acids is 1. The van der Waals surface area contributed by atoms with Gasteiger partial charge in [0, 0.05) is 7.11 Å². The van der Waals surface area contributed by atoms with Gasteiger partial charge in [-0.3, -0.25) is 4.79 Å². The fourth-order valence-corrected chi connectivity index (χ4v) is 1.76. The molecule has 7 heteroatoms. The molecule has 0 aliphatic heterocycles. The Labute approximate surface area is 107 Å². The number of hydrogen-bond donors (Lipinski definition) is 1. The molecule has 1 atom stereocenters. The predicted octanol–water partition coefficient (Wildman–Crippen LogP) is 2.57. The second-order valence-corrected chi connectivity index (χ2v) is 3.83. The van der Waals surface area contributed by atoms with Crippen LogP contribution in [-0.4, -0.2) is 31.5 Å². The number of aliphatic carboxylic acids is 1. The molecule has 4 nitrogen and oxygen atoms in total. The van der Waals surface area contributed by atoms with Crippen molar-refractivity contribution in [2.75, 3.05) is 14.2 Å². The lowest BCUT2D eigenvalue weighted by molar-refractivity contribution is -0.279. The SMILES string of the molecule is COc1cccc(C(CC(=O)O)(OC)C(F)(F)F)c1. The number of rotatable bonds is 5. The molecule has 0 saturated heterocycles. The summed E-state index contributed by atoms with van der Waals surface area (Å²) in [5.41, 5.74) is -3.21. The number of ether oxygens (including phenoxy) is 2. The van der Waals surface area contributed by atoms with Crippen molar-refractivity contribution >= 4 is 5.97 Å². The Morgan fingerprint density at radius 1 is 1.32 bits per heavy atom. The molecule has 1 unspecified atom stereocenters. The minimum atomic E-state index is -4.87. The summed E-state index contributed by atoms with van der Waals surface area (Å²) >= 11 is 0. The van der Waals surface area contributed by atoms with Crippen LogP contribution in [0.4, 0.5) is 13.2 Å². The van der Waals surface area contributed by atoms with Gasteiger partial charge in [-0.25, -0.2) is 0 Å². The Hall–Kier alpha value is -1.76. The van der Waals surface area contributed by atoms with Crippen LogP contribution >= 0.6 is 0 Å². The molecule has 1 N–H and O–H groups in total. The zero-order valence-corrected chi connectivity index (χ0v) is 10.3. The molecule has 106 valence electrons. The number of alkyl halides is 3. The molecule has 0 bridgehead atoms. The fourth-order valence-electron chi connectivity index (χ4n) is 1.76. The van der Waals surface area contributed by atoms with Gasteiger partial charge in [0.15, 0.2) is 5.60 Å². The van der Waals surface area contributed by atoms with Gasteiger partial charge in [0.05, 0.1) is 13.5 Å². The Kier molecular flexibility index (Phi) is 4.41. The van der Waals surface area contributed by atoms with Crippen molar-refractivity contribution in [1.82, 2.24) is 0 Å². The predicted molar refractivity (Wildman–Crippen MR) is 60.0 cm³/mol. The average Bonchev–Trinajstić information content (AvgIpc) is 2.34. The molecule has 1 aromatic carbocycles. The first-order chi connectivity index (χ1) is 8.76. The van der Waals surface area contributed by atoms with Gasteiger partial charge < -0.3 is 14.6 Å². The number of carboxylic acid groups (broad SMARTS) is 1. The summed E-state index contributed by atoms with van der Waals surface area (Å²) < 4.78 is 49.1. The molecule has 0 aromatic heterocycles. The molecule has 1 rings (SSSR count). The topological polar surface area (TPSA) is 55.8 Å². The van der Waals surface area contributed by atoms with E-state index in [2.05, 4.69) is 4.74 Å². The maximum Gasteiger partial charge on any atom is 0.422 e. The Bertz CT molecular complexity index is 459. The highest BCUT2D eigenvalue weighted by molar-refractivity contribution is 5.69. The molecule has 0 fully saturated rings. The second-order valence-electron chi connectivity index (χ2n) is 3.83. The Morgan fingerprint density at radius 3 is 2.37 bits per heavy atom. The monoisotopic (exact) mass is 278 g/mol. The van der Waals surface area contributed by atoms with E-state index in [0.717, 1.165) is 19.2 Å². The van der Waals surface area contributed by atoms with E-state index in [1.807, 2.05) is 0 Å². The van der Waals surface area contributed by atoms with Crippen LogP contribution in [0.25, 0.3) is 0 Å². The smallest absolute Gasteiger partial charge is 0.422 e. The van der Waals surface area contributed by atoms with Gasteiger partial charge in [-0.1, -0.05) is 12.1 Å². The highest BCUT2D eigenvalue weighted by Crippen LogP contribution is 2.45. The van der Waals surface area contributed by atoms with Gasteiger partial charge in [-0.2, -0.15) is 13.2 Å². The van der Waals surface area contributed by atoms with Crippen LogP contribution in [0.5, 0.6) is 5.75 Å². The van der Waals surface area contributed by atoms with E-state index in [0.29, 0.717) is 0 Å². The summed E-state index contributed by atoms with van der Waals surface area (Å²) in [6.07, 6.45) is -6.09. The van der Waals surface area contributed by atoms with Crippen LogP contribution in [0.2, 0.25) is 0 Å². The lowest BCUT2D eigenvalue weighted by Gasteiger charge is -2.33. The van der Waals surface area contributed by atoms with E-state index in [9.17, 15) is 18.0 Å². The standard InChI is InChI=1S/C12H13F3O4/c1-18-9-5-3-4-8(6-9)11(19-2,7-10(16)17)12(13,14)15/h3-6H,7H2,1-2H3,(H,16,17). The molecule has 0 saturated carbocycles. The quantitative estimate of drug-likeness (QED) is 0.899. The van der Waals surface area contributed by atoms with Crippen molar-refractivity contribution < 1.29 is 32.5 Å². The zero-order chi connectivity index (χ0) is 14.7. The molecule has 0 heterocycles. The lowest BCUT2D eigenvalue weighted by Crippen LogP contribution is -2.45. The number of benzene rings is 1. The van der Waals surface area contributed by atoms with E-state index < -0.39 is 24.2 Å². The van der Waals surface area contributed by atoms with Gasteiger partial charge in [-0.15, -0.1) is 0 Å². The Balaban J connectivity index is 3.40. The molecule has 0 aliphatic carbocycles. The van der Waals surface area contributed by atoms with E-state index in [4.69, 9.17) is 9.84 Å². The number of carbonyl (C=O) groups is 1. The first-order valence-electron chi connectivity index (χ1n) is 5.25. The second kappa shape index (κ2) is 5.48. The van der Waals surface area contributed by atoms with E-state index >= 15 is 0 Å². The van der Waals surface area contributed by atoms with Crippen LogP contribution in [0.1, 0.15) is 12.0 Å². The minimum Gasteiger partial charge on any atom is -0.497 e. The molecule has 1 aromatic rings. The van der Waals surface area contributed by atoms with Crippen molar-refractivity contribution in [2.24, 2.45) is 0 Å². The lowest BCUT2D eigenvalue weighted by atomic mass is 9.89. The van der Waals surface area contributed by atoms with Crippen LogP contribution in [-0.2, 0) is 15.1 Å². The van der Waals surface area contributed by atoms with Crippen molar-refractivity contribution in [3.63, 3.8) is 0 Å². The van der Waals surface area contributed by atoms with Gasteiger partial charge in [-0.05, 0) is 17.7 Å². The van der Waals surface area contributed by atoms with Crippen LogP contribution in [0.3, 0.4) is 0 Å². The van der Waals surface area contributed by atoms with Crippen molar-refractivity contribution in [3.05, 3.63) is 29.8 Å². The fraction of sp³-hybridized carbons (Fsp3) is 0.417. The molecule has 0 spiro atoms. The van der Waals surface area contributed by atoms with E-state index in [1.165, 1.54) is 19.2 Å². The van der Waals surface area contributed by atoms with Gasteiger partial charge in [0.2, 0.25) is 0 Å². The van der Waals surface area contributed by atoms with Gasteiger partial charge in [0.25, 0.3) is 0 Å². The average molecular weight is 278 g/mol. The minimum absolute atomic E-state index is 0.188. The summed E-state index contributed by atoms with van der Waals surface area (Å²) in [5, 5.41) is 8.72. The van der Waals surface area contributed by atoms with Gasteiger partial charge in [0.1, 0.15) is 5.75 Å². The molecule has 0 amide bonds. The van der Waals surface area contributed by atoms with Gasteiger partial charge >= 0.3 is 12.1 Å². The maximum atomic E-state index is 13.2. The normalized spacial score (nSPS) is 14.8. The van der Waals surface area contributed by atoms with Crippen molar-refractivity contribution in [2.45, 2.75) is 18.2 Å². The zero-order valence-electron chi connectivity index (χ0n) is 10.3. The molecular formula is C12H13F3O4. The maximum absolute atomic E-state index is 13.2. The summed E-state index contributed by atoms with van der Waals surface area (Å²) in [4.78, 5) is 10.7. The van der Waals surface area contributed by atoms with Crippen molar-refractivity contribution in [1.29, 1.82) is 0 Å². The molecule has 0 aliphatic rings. The largest absolute Gasteiger partial charge is 0.497 e. The van der Waals surface area contributed by atoms with E-state index in [-0.39, 0.29) is 11.3 Å². The number of methoxy groups -OCH3 is 2. The first-order valence-corrected chi connectivity index (χ1v) is 5.25. The molecule has 0 radical (unpaired) electrons. The highest BCUT2D eigenvalue weighted by Gasteiger charge is 2.58. The Morgan fingerprint density at radius 2 is 1.95 bits per heavy atom. The number of halogens is 3. The summed E-state index contributed by atoms with van der Waals surface area (Å²) in [6, 6.07) is 5.07. The summed E-state index contributed by atoms with van der Waals surface area (Å²) in [6.45, 7) is 0. The molecule has 19 heavy (non-hydrogen) atoms. The van der Waals surface area contributed by atoms with Crippen LogP contribution in [0.15, 0.2) is 24.3 Å².